The molecule has 0 aliphatic carbocycles. The van der Waals surface area contributed by atoms with Crippen molar-refractivity contribution in [1.29, 1.82) is 0 Å². The molecule has 0 spiro atoms. The van der Waals surface area contributed by atoms with Gasteiger partial charge < -0.3 is 20.5 Å². The molecule has 0 aromatic heterocycles. The Kier molecular flexibility index (Phi) is 5.45. The third kappa shape index (κ3) is 4.25. The van der Waals surface area contributed by atoms with E-state index in [4.69, 9.17) is 15.2 Å². The Bertz CT molecular complexity index is 405. The van der Waals surface area contributed by atoms with Gasteiger partial charge in [-0.25, -0.2) is 0 Å². The van der Waals surface area contributed by atoms with Crippen LogP contribution in [-0.4, -0.2) is 26.2 Å². The molecular weight excluding hydrogens is 232 g/mol. The molecule has 0 saturated carbocycles. The van der Waals surface area contributed by atoms with E-state index in [1.807, 2.05) is 6.92 Å². The number of rotatable bonds is 6. The minimum atomic E-state index is -0.0560. The fourth-order valence-corrected chi connectivity index (χ4v) is 1.50. The van der Waals surface area contributed by atoms with Crippen LogP contribution in [0.15, 0.2) is 18.2 Å². The Morgan fingerprint density at radius 2 is 2.00 bits per heavy atom. The van der Waals surface area contributed by atoms with Crippen LogP contribution in [0.2, 0.25) is 0 Å². The maximum atomic E-state index is 11.6. The molecular formula is C13H20N2O3. The van der Waals surface area contributed by atoms with Gasteiger partial charge in [0.25, 0.3) is 0 Å². The van der Waals surface area contributed by atoms with Gasteiger partial charge in [-0.3, -0.25) is 4.79 Å². The first-order valence-corrected chi connectivity index (χ1v) is 5.84. The third-order valence-corrected chi connectivity index (χ3v) is 2.49. The summed E-state index contributed by atoms with van der Waals surface area (Å²) in [6, 6.07) is 5.27. The lowest BCUT2D eigenvalue weighted by atomic mass is 10.2. The second kappa shape index (κ2) is 6.86. The Morgan fingerprint density at radius 3 is 2.56 bits per heavy atom. The molecule has 1 aromatic rings. The van der Waals surface area contributed by atoms with Crippen LogP contribution in [0.1, 0.15) is 19.8 Å². The molecule has 0 aliphatic rings. The smallest absolute Gasteiger partial charge is 0.224 e. The summed E-state index contributed by atoms with van der Waals surface area (Å²) in [5.41, 5.74) is 6.28. The lowest BCUT2D eigenvalue weighted by Crippen LogP contribution is -2.19. The SMILES string of the molecule is COc1ccc(NC(=O)CCC(C)N)cc1OC. The quantitative estimate of drug-likeness (QED) is 0.809. The minimum absolute atomic E-state index is 0.0288. The highest BCUT2D eigenvalue weighted by Gasteiger charge is 2.08. The Morgan fingerprint density at radius 1 is 1.33 bits per heavy atom. The van der Waals surface area contributed by atoms with Gasteiger partial charge in [-0.15, -0.1) is 0 Å². The van der Waals surface area contributed by atoms with E-state index in [1.165, 1.54) is 0 Å². The predicted octanol–water partition coefficient (Wildman–Crippen LogP) is 1.77. The van der Waals surface area contributed by atoms with E-state index < -0.39 is 0 Å². The Labute approximate surface area is 107 Å². The number of benzene rings is 1. The molecule has 0 heterocycles. The van der Waals surface area contributed by atoms with Crippen molar-refractivity contribution in [2.24, 2.45) is 5.73 Å². The summed E-state index contributed by atoms with van der Waals surface area (Å²) in [6.45, 7) is 1.88. The van der Waals surface area contributed by atoms with Crippen LogP contribution in [0.4, 0.5) is 5.69 Å². The molecule has 100 valence electrons. The van der Waals surface area contributed by atoms with Crippen LogP contribution in [0, 0.1) is 0 Å². The van der Waals surface area contributed by atoms with Crippen molar-refractivity contribution in [2.45, 2.75) is 25.8 Å². The number of ether oxygens (including phenoxy) is 2. The number of methoxy groups -OCH3 is 2. The minimum Gasteiger partial charge on any atom is -0.493 e. The molecule has 0 bridgehead atoms. The van der Waals surface area contributed by atoms with Gasteiger partial charge in [0.2, 0.25) is 5.91 Å². The lowest BCUT2D eigenvalue weighted by Gasteiger charge is -2.11. The lowest BCUT2D eigenvalue weighted by molar-refractivity contribution is -0.116. The number of carbonyl (C=O) groups excluding carboxylic acids is 1. The molecule has 1 amide bonds. The fraction of sp³-hybridized carbons (Fsp3) is 0.462. The van der Waals surface area contributed by atoms with Crippen molar-refractivity contribution in [2.75, 3.05) is 19.5 Å². The highest BCUT2D eigenvalue weighted by Crippen LogP contribution is 2.29. The number of anilines is 1. The Hall–Kier alpha value is -1.75. The van der Waals surface area contributed by atoms with Crippen LogP contribution in [0.5, 0.6) is 11.5 Å². The molecule has 5 nitrogen and oxygen atoms in total. The molecule has 1 atom stereocenters. The summed E-state index contributed by atoms with van der Waals surface area (Å²) in [5.74, 6) is 1.16. The average Bonchev–Trinajstić information content (AvgIpc) is 2.36. The standard InChI is InChI=1S/C13H20N2O3/c1-9(14)4-7-13(16)15-10-5-6-11(17-2)12(8-10)18-3/h5-6,8-9H,4,7,14H2,1-3H3,(H,15,16). The van der Waals surface area contributed by atoms with E-state index in [9.17, 15) is 4.79 Å². The van der Waals surface area contributed by atoms with E-state index >= 15 is 0 Å². The normalized spacial score (nSPS) is 11.8. The zero-order valence-corrected chi connectivity index (χ0v) is 11.0. The maximum absolute atomic E-state index is 11.6. The molecule has 1 rings (SSSR count). The van der Waals surface area contributed by atoms with E-state index in [-0.39, 0.29) is 11.9 Å². The molecule has 0 radical (unpaired) electrons. The first-order chi connectivity index (χ1) is 8.56. The molecule has 0 aliphatic heterocycles. The van der Waals surface area contributed by atoms with Gasteiger partial charge >= 0.3 is 0 Å². The fourth-order valence-electron chi connectivity index (χ4n) is 1.50. The van der Waals surface area contributed by atoms with Gasteiger partial charge in [0, 0.05) is 24.2 Å². The number of nitrogens with two attached hydrogens (primary N) is 1. The average molecular weight is 252 g/mol. The molecule has 0 saturated heterocycles. The van der Waals surface area contributed by atoms with Gasteiger partial charge in [-0.05, 0) is 25.5 Å². The van der Waals surface area contributed by atoms with E-state index in [2.05, 4.69) is 5.32 Å². The number of hydrogen-bond donors (Lipinski definition) is 2. The summed E-state index contributed by atoms with van der Waals surface area (Å²) in [7, 11) is 3.12. The molecule has 5 heteroatoms. The summed E-state index contributed by atoms with van der Waals surface area (Å²) in [4.78, 5) is 11.6. The summed E-state index contributed by atoms with van der Waals surface area (Å²) >= 11 is 0. The Balaban J connectivity index is 2.64. The van der Waals surface area contributed by atoms with Gasteiger partial charge in [0.1, 0.15) is 0 Å². The van der Waals surface area contributed by atoms with E-state index in [0.29, 0.717) is 30.0 Å². The summed E-state index contributed by atoms with van der Waals surface area (Å²) in [6.07, 6.45) is 1.07. The zero-order valence-electron chi connectivity index (χ0n) is 11.0. The molecule has 3 N–H and O–H groups in total. The predicted molar refractivity (Wildman–Crippen MR) is 71.1 cm³/mol. The third-order valence-electron chi connectivity index (χ3n) is 2.49. The van der Waals surface area contributed by atoms with Crippen molar-refractivity contribution < 1.29 is 14.3 Å². The van der Waals surface area contributed by atoms with Gasteiger partial charge in [-0.2, -0.15) is 0 Å². The molecule has 0 fully saturated rings. The summed E-state index contributed by atoms with van der Waals surface area (Å²) < 4.78 is 10.3. The monoisotopic (exact) mass is 252 g/mol. The second-order valence-corrected chi connectivity index (χ2v) is 4.13. The largest absolute Gasteiger partial charge is 0.493 e. The van der Waals surface area contributed by atoms with Crippen LogP contribution >= 0.6 is 0 Å². The maximum Gasteiger partial charge on any atom is 0.224 e. The molecule has 18 heavy (non-hydrogen) atoms. The second-order valence-electron chi connectivity index (χ2n) is 4.13. The van der Waals surface area contributed by atoms with Crippen LogP contribution in [0.3, 0.4) is 0 Å². The number of amides is 1. The van der Waals surface area contributed by atoms with Crippen molar-refractivity contribution in [1.82, 2.24) is 0 Å². The number of hydrogen-bond acceptors (Lipinski definition) is 4. The van der Waals surface area contributed by atoms with E-state index in [1.54, 1.807) is 32.4 Å². The molecule has 1 aromatic carbocycles. The highest BCUT2D eigenvalue weighted by atomic mass is 16.5. The first-order valence-electron chi connectivity index (χ1n) is 5.84. The van der Waals surface area contributed by atoms with Crippen LogP contribution in [-0.2, 0) is 4.79 Å². The van der Waals surface area contributed by atoms with Gasteiger partial charge in [0.15, 0.2) is 11.5 Å². The topological polar surface area (TPSA) is 73.6 Å². The van der Waals surface area contributed by atoms with Crippen LogP contribution < -0.4 is 20.5 Å². The van der Waals surface area contributed by atoms with Crippen LogP contribution in [0.25, 0.3) is 0 Å². The van der Waals surface area contributed by atoms with Crippen molar-refractivity contribution in [3.05, 3.63) is 18.2 Å². The van der Waals surface area contributed by atoms with Crippen molar-refractivity contribution in [3.63, 3.8) is 0 Å². The molecule has 1 unspecified atom stereocenters. The van der Waals surface area contributed by atoms with Crippen molar-refractivity contribution in [3.8, 4) is 11.5 Å². The van der Waals surface area contributed by atoms with Gasteiger partial charge in [-0.1, -0.05) is 0 Å². The summed E-state index contributed by atoms with van der Waals surface area (Å²) in [5, 5.41) is 2.79. The number of carbonyl (C=O) groups is 1. The van der Waals surface area contributed by atoms with Gasteiger partial charge in [0.05, 0.1) is 14.2 Å². The highest BCUT2D eigenvalue weighted by molar-refractivity contribution is 5.91. The number of nitrogens with one attached hydrogen (secondary N) is 1. The van der Waals surface area contributed by atoms with Crippen molar-refractivity contribution >= 4 is 11.6 Å². The first kappa shape index (κ1) is 14.3. The zero-order chi connectivity index (χ0) is 13.5. The van der Waals surface area contributed by atoms with E-state index in [0.717, 1.165) is 0 Å².